The summed E-state index contributed by atoms with van der Waals surface area (Å²) in [5.41, 5.74) is 6.01. The van der Waals surface area contributed by atoms with Crippen LogP contribution in [0.3, 0.4) is 0 Å². The van der Waals surface area contributed by atoms with Gasteiger partial charge in [-0.1, -0.05) is 29.8 Å². The van der Waals surface area contributed by atoms with Gasteiger partial charge in [-0.25, -0.2) is 5.84 Å². The highest BCUT2D eigenvalue weighted by Gasteiger charge is 2.06. The molecule has 0 aliphatic carbocycles. The second kappa shape index (κ2) is 4.84. The molecule has 0 bridgehead atoms. The molecule has 2 aromatic rings. The van der Waals surface area contributed by atoms with Crippen LogP contribution in [0.25, 0.3) is 0 Å². The monoisotopic (exact) mass is 229 g/mol. The van der Waals surface area contributed by atoms with E-state index in [1.54, 1.807) is 6.07 Å². The third-order valence-electron chi connectivity index (χ3n) is 2.64. The Morgan fingerprint density at radius 2 is 1.94 bits per heavy atom. The Morgan fingerprint density at radius 1 is 1.24 bits per heavy atom. The molecule has 0 radical (unpaired) electrons. The van der Waals surface area contributed by atoms with Gasteiger partial charge in [-0.15, -0.1) is 0 Å². The fourth-order valence-corrected chi connectivity index (χ4v) is 1.68. The molecule has 1 amide bonds. The van der Waals surface area contributed by atoms with Crippen molar-refractivity contribution in [2.24, 2.45) is 5.84 Å². The number of carbonyl (C=O) groups is 1. The van der Waals surface area contributed by atoms with Crippen LogP contribution in [0.5, 0.6) is 0 Å². The van der Waals surface area contributed by atoms with Crippen molar-refractivity contribution in [3.8, 4) is 0 Å². The van der Waals surface area contributed by atoms with Crippen molar-refractivity contribution in [1.29, 1.82) is 0 Å². The van der Waals surface area contributed by atoms with Crippen LogP contribution in [0.4, 0.5) is 0 Å². The van der Waals surface area contributed by atoms with Crippen molar-refractivity contribution in [1.82, 2.24) is 10.4 Å². The Hall–Kier alpha value is -2.07. The predicted octanol–water partition coefficient (Wildman–Crippen LogP) is 1.52. The minimum Gasteiger partial charge on any atom is -0.354 e. The Kier molecular flexibility index (Phi) is 3.25. The summed E-state index contributed by atoms with van der Waals surface area (Å²) in [6.07, 6.45) is 0.776. The van der Waals surface area contributed by atoms with Gasteiger partial charge in [-0.2, -0.15) is 0 Å². The SMILES string of the molecule is Cc1ccc(Cc2ccc(C(=O)NN)[nH]2)cc1. The molecule has 0 unspecified atom stereocenters. The molecule has 0 fully saturated rings. The summed E-state index contributed by atoms with van der Waals surface area (Å²) < 4.78 is 0. The zero-order valence-corrected chi connectivity index (χ0v) is 9.66. The van der Waals surface area contributed by atoms with Crippen LogP contribution in [0.15, 0.2) is 36.4 Å². The molecule has 1 aromatic heterocycles. The lowest BCUT2D eigenvalue weighted by molar-refractivity contribution is 0.0949. The Balaban J connectivity index is 2.11. The van der Waals surface area contributed by atoms with Crippen LogP contribution in [-0.2, 0) is 6.42 Å². The van der Waals surface area contributed by atoms with E-state index in [-0.39, 0.29) is 5.91 Å². The third kappa shape index (κ3) is 2.73. The molecule has 4 N–H and O–H groups in total. The average molecular weight is 229 g/mol. The number of nitrogens with two attached hydrogens (primary N) is 1. The van der Waals surface area contributed by atoms with Crippen molar-refractivity contribution in [3.05, 3.63) is 58.9 Å². The maximum absolute atomic E-state index is 11.3. The number of hydrogen-bond donors (Lipinski definition) is 3. The van der Waals surface area contributed by atoms with Gasteiger partial charge < -0.3 is 4.98 Å². The Bertz CT molecular complexity index is 514. The zero-order valence-electron chi connectivity index (χ0n) is 9.66. The van der Waals surface area contributed by atoms with Gasteiger partial charge in [-0.3, -0.25) is 10.2 Å². The topological polar surface area (TPSA) is 70.9 Å². The minimum atomic E-state index is -0.305. The van der Waals surface area contributed by atoms with E-state index < -0.39 is 0 Å². The number of aryl methyl sites for hydroxylation is 1. The molecule has 88 valence electrons. The lowest BCUT2D eigenvalue weighted by Crippen LogP contribution is -2.30. The average Bonchev–Trinajstić information content (AvgIpc) is 2.80. The number of H-pyrrole nitrogens is 1. The van der Waals surface area contributed by atoms with Crippen LogP contribution in [0.1, 0.15) is 27.3 Å². The molecular formula is C13H15N3O. The quantitative estimate of drug-likeness (QED) is 0.424. The first-order chi connectivity index (χ1) is 8.19. The van der Waals surface area contributed by atoms with E-state index in [1.165, 1.54) is 11.1 Å². The van der Waals surface area contributed by atoms with Crippen LogP contribution in [0.2, 0.25) is 0 Å². The molecule has 0 spiro atoms. The van der Waals surface area contributed by atoms with Crippen LogP contribution in [0, 0.1) is 6.92 Å². The predicted molar refractivity (Wildman–Crippen MR) is 66.4 cm³/mol. The summed E-state index contributed by atoms with van der Waals surface area (Å²) in [5, 5.41) is 0. The largest absolute Gasteiger partial charge is 0.354 e. The summed E-state index contributed by atoms with van der Waals surface area (Å²) in [5.74, 6) is 4.76. The van der Waals surface area contributed by atoms with Gasteiger partial charge in [0.2, 0.25) is 0 Å². The second-order valence-corrected chi connectivity index (χ2v) is 4.03. The molecule has 1 heterocycles. The van der Waals surface area contributed by atoms with Gasteiger partial charge in [0.05, 0.1) is 0 Å². The zero-order chi connectivity index (χ0) is 12.3. The van der Waals surface area contributed by atoms with Crippen LogP contribution < -0.4 is 11.3 Å². The van der Waals surface area contributed by atoms with E-state index in [4.69, 9.17) is 5.84 Å². The van der Waals surface area contributed by atoms with Gasteiger partial charge in [0.1, 0.15) is 5.69 Å². The highest BCUT2D eigenvalue weighted by Crippen LogP contribution is 2.10. The van der Waals surface area contributed by atoms with Crippen LogP contribution in [-0.4, -0.2) is 10.9 Å². The number of hydrazine groups is 1. The van der Waals surface area contributed by atoms with E-state index in [1.807, 2.05) is 6.07 Å². The fourth-order valence-electron chi connectivity index (χ4n) is 1.68. The van der Waals surface area contributed by atoms with E-state index in [2.05, 4.69) is 41.6 Å². The first-order valence-corrected chi connectivity index (χ1v) is 5.43. The second-order valence-electron chi connectivity index (χ2n) is 4.03. The van der Waals surface area contributed by atoms with Gasteiger partial charge in [0.15, 0.2) is 0 Å². The van der Waals surface area contributed by atoms with Crippen molar-refractivity contribution in [3.63, 3.8) is 0 Å². The maximum atomic E-state index is 11.3. The number of aromatic amines is 1. The fraction of sp³-hybridized carbons (Fsp3) is 0.154. The van der Waals surface area contributed by atoms with Gasteiger partial charge in [-0.05, 0) is 24.6 Å². The smallest absolute Gasteiger partial charge is 0.281 e. The van der Waals surface area contributed by atoms with Gasteiger partial charge >= 0.3 is 0 Å². The van der Waals surface area contributed by atoms with Crippen LogP contribution >= 0.6 is 0 Å². The van der Waals surface area contributed by atoms with Gasteiger partial charge in [0, 0.05) is 12.1 Å². The molecule has 0 saturated heterocycles. The van der Waals surface area contributed by atoms with E-state index in [9.17, 15) is 4.79 Å². The summed E-state index contributed by atoms with van der Waals surface area (Å²) in [4.78, 5) is 14.3. The van der Waals surface area contributed by atoms with Crippen molar-refractivity contribution >= 4 is 5.91 Å². The molecular weight excluding hydrogens is 214 g/mol. The summed E-state index contributed by atoms with van der Waals surface area (Å²) in [7, 11) is 0. The number of carbonyl (C=O) groups excluding carboxylic acids is 1. The molecule has 17 heavy (non-hydrogen) atoms. The Labute approximate surface area is 99.8 Å². The number of nitrogen functional groups attached to an aromatic ring is 1. The first-order valence-electron chi connectivity index (χ1n) is 5.43. The normalized spacial score (nSPS) is 10.2. The van der Waals surface area contributed by atoms with Crippen molar-refractivity contribution in [2.75, 3.05) is 0 Å². The molecule has 0 atom stereocenters. The summed E-state index contributed by atoms with van der Waals surface area (Å²) in [6.45, 7) is 2.06. The standard InChI is InChI=1S/C13H15N3O/c1-9-2-4-10(5-3-9)8-11-6-7-12(15-11)13(17)16-14/h2-7,15H,8,14H2,1H3,(H,16,17). The van der Waals surface area contributed by atoms with E-state index in [0.717, 1.165) is 12.1 Å². The number of benzene rings is 1. The Morgan fingerprint density at radius 3 is 2.59 bits per heavy atom. The number of rotatable bonds is 3. The number of amides is 1. The lowest BCUT2D eigenvalue weighted by atomic mass is 10.1. The molecule has 4 nitrogen and oxygen atoms in total. The van der Waals surface area contributed by atoms with E-state index >= 15 is 0 Å². The molecule has 4 heteroatoms. The first kappa shape index (κ1) is 11.4. The highest BCUT2D eigenvalue weighted by molar-refractivity contribution is 5.92. The molecule has 2 rings (SSSR count). The third-order valence-corrected chi connectivity index (χ3v) is 2.64. The molecule has 0 saturated carbocycles. The van der Waals surface area contributed by atoms with E-state index in [0.29, 0.717) is 5.69 Å². The lowest BCUT2D eigenvalue weighted by Gasteiger charge is -2.00. The molecule has 1 aromatic carbocycles. The summed E-state index contributed by atoms with van der Waals surface area (Å²) >= 11 is 0. The molecule has 0 aliphatic heterocycles. The van der Waals surface area contributed by atoms with Gasteiger partial charge in [0.25, 0.3) is 5.91 Å². The minimum absolute atomic E-state index is 0.305. The van der Waals surface area contributed by atoms with Crippen molar-refractivity contribution in [2.45, 2.75) is 13.3 Å². The highest BCUT2D eigenvalue weighted by atomic mass is 16.2. The number of nitrogens with one attached hydrogen (secondary N) is 2. The maximum Gasteiger partial charge on any atom is 0.281 e. The molecule has 0 aliphatic rings. The number of aromatic nitrogens is 1. The number of hydrogen-bond acceptors (Lipinski definition) is 2. The van der Waals surface area contributed by atoms with Crippen molar-refractivity contribution < 1.29 is 4.79 Å². The summed E-state index contributed by atoms with van der Waals surface area (Å²) in [6, 6.07) is 11.9.